The van der Waals surface area contributed by atoms with Gasteiger partial charge in [0.2, 0.25) is 0 Å². The highest BCUT2D eigenvalue weighted by molar-refractivity contribution is 6.36. The second kappa shape index (κ2) is 12.0. The summed E-state index contributed by atoms with van der Waals surface area (Å²) in [7, 11) is 0. The van der Waals surface area contributed by atoms with Crippen LogP contribution in [0.25, 0.3) is 60.9 Å². The number of hydrogen-bond acceptors (Lipinski definition) is 6. The summed E-state index contributed by atoms with van der Waals surface area (Å²) in [6.45, 7) is 0. The highest BCUT2D eigenvalue weighted by atomic mass is 16.2. The molecule has 52 heavy (non-hydrogen) atoms. The minimum atomic E-state index is -0.431. The average Bonchev–Trinajstić information content (AvgIpc) is 3.67. The molecule has 4 heterocycles. The standard InChI is InChI=1S/C44H24N6O2/c45-23-30-17-19-47-25-36(30)28-13-15-33-34-16-14-29(37-26-48-20-18-31(37)24-46)22-41(34)49(40(33)21-28)39-12-6-10-35-42(39)44(52)50(43(35)51)38-11-5-4-9-32(38)27-7-2-1-3-8-27/h1-22,25-26H. The maximum atomic E-state index is 14.7. The van der Waals surface area contributed by atoms with Gasteiger partial charge in [-0.15, -0.1) is 0 Å². The smallest absolute Gasteiger partial charge is 0.268 e. The molecule has 3 aromatic heterocycles. The third-order valence-electron chi connectivity index (χ3n) is 9.64. The van der Waals surface area contributed by atoms with Crippen molar-refractivity contribution in [2.45, 2.75) is 0 Å². The zero-order chi connectivity index (χ0) is 35.3. The van der Waals surface area contributed by atoms with E-state index < -0.39 is 11.8 Å². The molecule has 0 atom stereocenters. The van der Waals surface area contributed by atoms with Gasteiger partial charge in [0.05, 0.1) is 56.8 Å². The van der Waals surface area contributed by atoms with Gasteiger partial charge in [0.1, 0.15) is 0 Å². The minimum absolute atomic E-state index is 0.281. The monoisotopic (exact) mass is 668 g/mol. The van der Waals surface area contributed by atoms with Gasteiger partial charge in [0.15, 0.2) is 0 Å². The lowest BCUT2D eigenvalue weighted by atomic mass is 9.99. The van der Waals surface area contributed by atoms with Crippen molar-refractivity contribution >= 4 is 39.3 Å². The van der Waals surface area contributed by atoms with E-state index in [2.05, 4.69) is 22.1 Å². The molecule has 1 aliphatic rings. The number of imide groups is 1. The van der Waals surface area contributed by atoms with Crippen molar-refractivity contribution in [3.63, 3.8) is 0 Å². The summed E-state index contributed by atoms with van der Waals surface area (Å²) in [4.78, 5) is 38.9. The van der Waals surface area contributed by atoms with E-state index in [1.54, 1.807) is 55.1 Å². The van der Waals surface area contributed by atoms with Gasteiger partial charge in [-0.05, 0) is 59.2 Å². The Balaban J connectivity index is 1.31. The Morgan fingerprint density at radius 2 is 1.06 bits per heavy atom. The number of amides is 2. The van der Waals surface area contributed by atoms with Gasteiger partial charge < -0.3 is 4.57 Å². The second-order valence-electron chi connectivity index (χ2n) is 12.4. The molecular weight excluding hydrogens is 645 g/mol. The molecule has 9 rings (SSSR count). The van der Waals surface area contributed by atoms with Crippen molar-refractivity contribution in [1.29, 1.82) is 10.5 Å². The molecule has 8 aromatic rings. The number of nitriles is 2. The second-order valence-corrected chi connectivity index (χ2v) is 12.4. The first-order valence-corrected chi connectivity index (χ1v) is 16.5. The topological polar surface area (TPSA) is 116 Å². The molecule has 242 valence electrons. The molecule has 0 saturated carbocycles. The molecule has 0 radical (unpaired) electrons. The summed E-state index contributed by atoms with van der Waals surface area (Å²) < 4.78 is 2.00. The van der Waals surface area contributed by atoms with Crippen LogP contribution in [0.2, 0.25) is 0 Å². The predicted molar refractivity (Wildman–Crippen MR) is 200 cm³/mol. The number of aromatic nitrogens is 3. The molecular formula is C44H24N6O2. The van der Waals surface area contributed by atoms with Crippen molar-refractivity contribution < 1.29 is 9.59 Å². The van der Waals surface area contributed by atoms with Gasteiger partial charge in [0.25, 0.3) is 11.8 Å². The highest BCUT2D eigenvalue weighted by Gasteiger charge is 2.40. The SMILES string of the molecule is N#Cc1ccncc1-c1ccc2c3ccc(-c4cnccc4C#N)cc3n(-c3cccc4c3C(=O)N(c3ccccc3-c3ccccc3)C4=O)c2c1. The maximum absolute atomic E-state index is 14.7. The van der Waals surface area contributed by atoms with Crippen LogP contribution in [0.15, 0.2) is 146 Å². The van der Waals surface area contributed by atoms with Crippen LogP contribution < -0.4 is 4.90 Å². The molecule has 1 aliphatic heterocycles. The molecule has 8 heteroatoms. The van der Waals surface area contributed by atoms with E-state index in [9.17, 15) is 20.1 Å². The zero-order valence-electron chi connectivity index (χ0n) is 27.4. The van der Waals surface area contributed by atoms with Gasteiger partial charge in [-0.2, -0.15) is 10.5 Å². The lowest BCUT2D eigenvalue weighted by Crippen LogP contribution is -2.30. The van der Waals surface area contributed by atoms with Crippen LogP contribution in [-0.2, 0) is 0 Å². The molecule has 5 aromatic carbocycles. The van der Waals surface area contributed by atoms with Crippen molar-refractivity contribution in [2.75, 3.05) is 4.90 Å². The molecule has 0 spiro atoms. The molecule has 0 saturated heterocycles. The highest BCUT2D eigenvalue weighted by Crippen LogP contribution is 2.42. The van der Waals surface area contributed by atoms with Crippen molar-refractivity contribution in [1.82, 2.24) is 14.5 Å². The van der Waals surface area contributed by atoms with Gasteiger partial charge in [-0.1, -0.05) is 78.9 Å². The van der Waals surface area contributed by atoms with E-state index in [1.165, 1.54) is 4.90 Å². The van der Waals surface area contributed by atoms with Crippen LogP contribution in [-0.4, -0.2) is 26.3 Å². The van der Waals surface area contributed by atoms with E-state index in [1.807, 2.05) is 95.6 Å². The zero-order valence-corrected chi connectivity index (χ0v) is 27.4. The normalized spacial score (nSPS) is 12.2. The number of benzene rings is 5. The van der Waals surface area contributed by atoms with Gasteiger partial charge >= 0.3 is 0 Å². The number of anilines is 1. The third-order valence-corrected chi connectivity index (χ3v) is 9.64. The number of para-hydroxylation sites is 1. The first-order chi connectivity index (χ1) is 25.6. The first kappa shape index (κ1) is 30.4. The fraction of sp³-hybridized carbons (Fsp3) is 0. The molecule has 0 unspecified atom stereocenters. The number of hydrogen-bond donors (Lipinski definition) is 0. The van der Waals surface area contributed by atoms with Crippen LogP contribution in [0, 0.1) is 22.7 Å². The van der Waals surface area contributed by atoms with Crippen LogP contribution in [0.4, 0.5) is 5.69 Å². The number of pyridine rings is 2. The number of carbonyl (C=O) groups excluding carboxylic acids is 2. The molecule has 0 bridgehead atoms. The largest absolute Gasteiger partial charge is 0.308 e. The van der Waals surface area contributed by atoms with E-state index in [0.29, 0.717) is 39.2 Å². The lowest BCUT2D eigenvalue weighted by molar-refractivity contribution is 0.0926. The maximum Gasteiger partial charge on any atom is 0.268 e. The van der Waals surface area contributed by atoms with Crippen molar-refractivity contribution in [2.24, 2.45) is 0 Å². The molecule has 0 aliphatic carbocycles. The van der Waals surface area contributed by atoms with Crippen LogP contribution in [0.1, 0.15) is 31.8 Å². The van der Waals surface area contributed by atoms with Gasteiger partial charge in [-0.25, -0.2) is 4.90 Å². The molecule has 0 fully saturated rings. The fourth-order valence-corrected chi connectivity index (χ4v) is 7.26. The van der Waals surface area contributed by atoms with Crippen LogP contribution >= 0.6 is 0 Å². The Kier molecular flexibility index (Phi) is 7.03. The number of rotatable bonds is 5. The number of fused-ring (bicyclic) bond motifs is 4. The lowest BCUT2D eigenvalue weighted by Gasteiger charge is -2.19. The quantitative estimate of drug-likeness (QED) is 0.169. The van der Waals surface area contributed by atoms with E-state index in [-0.39, 0.29) is 5.56 Å². The van der Waals surface area contributed by atoms with Crippen LogP contribution in [0.3, 0.4) is 0 Å². The molecule has 0 N–H and O–H groups in total. The van der Waals surface area contributed by atoms with E-state index >= 15 is 0 Å². The molecule has 2 amide bonds. The number of nitrogens with zero attached hydrogens (tertiary/aromatic N) is 6. The average molecular weight is 669 g/mol. The molecule has 8 nitrogen and oxygen atoms in total. The Bertz CT molecular complexity index is 2760. The predicted octanol–water partition coefficient (Wildman–Crippen LogP) is 9.12. The fourth-order valence-electron chi connectivity index (χ4n) is 7.26. The van der Waals surface area contributed by atoms with E-state index in [0.717, 1.165) is 44.1 Å². The summed E-state index contributed by atoms with van der Waals surface area (Å²) >= 11 is 0. The Morgan fingerprint density at radius 1 is 0.500 bits per heavy atom. The summed E-state index contributed by atoms with van der Waals surface area (Å²) in [5, 5.41) is 21.6. The number of carbonyl (C=O) groups is 2. The summed E-state index contributed by atoms with van der Waals surface area (Å²) in [5.74, 6) is -0.838. The van der Waals surface area contributed by atoms with E-state index in [4.69, 9.17) is 0 Å². The Labute approximate surface area is 297 Å². The van der Waals surface area contributed by atoms with Crippen molar-refractivity contribution in [3.8, 4) is 51.2 Å². The van der Waals surface area contributed by atoms with Crippen molar-refractivity contribution in [3.05, 3.63) is 168 Å². The van der Waals surface area contributed by atoms with Gasteiger partial charge in [-0.3, -0.25) is 19.6 Å². The Morgan fingerprint density at radius 3 is 1.67 bits per heavy atom. The summed E-state index contributed by atoms with van der Waals surface area (Å²) in [6, 6.07) is 42.2. The van der Waals surface area contributed by atoms with Crippen LogP contribution in [0.5, 0.6) is 0 Å². The first-order valence-electron chi connectivity index (χ1n) is 16.5. The Hall–Kier alpha value is -7.68. The third kappa shape index (κ3) is 4.60. The summed E-state index contributed by atoms with van der Waals surface area (Å²) in [5.41, 5.74) is 8.64. The minimum Gasteiger partial charge on any atom is -0.308 e. The summed E-state index contributed by atoms with van der Waals surface area (Å²) in [6.07, 6.45) is 6.51. The van der Waals surface area contributed by atoms with Gasteiger partial charge in [0, 0.05) is 52.3 Å².